The minimum Gasteiger partial charge on any atom is -0.280 e. The maximum absolute atomic E-state index is 14.5. The minimum absolute atomic E-state index is 0.0341. The van der Waals surface area contributed by atoms with Crippen molar-refractivity contribution in [2.75, 3.05) is 13.1 Å². The predicted octanol–water partition coefficient (Wildman–Crippen LogP) is 5.01. The molecule has 0 saturated heterocycles. The van der Waals surface area contributed by atoms with Gasteiger partial charge in [0.25, 0.3) is 11.8 Å². The molecule has 3 aromatic rings. The number of amides is 2. The van der Waals surface area contributed by atoms with Crippen LogP contribution in [0.4, 0.5) is 4.39 Å². The van der Waals surface area contributed by atoms with Crippen LogP contribution in [-0.2, 0) is 0 Å². The third-order valence-corrected chi connectivity index (χ3v) is 5.77. The lowest BCUT2D eigenvalue weighted by Crippen LogP contribution is -2.30. The van der Waals surface area contributed by atoms with Crippen molar-refractivity contribution in [3.05, 3.63) is 111 Å². The Morgan fingerprint density at radius 3 is 2.24 bits per heavy atom. The average molecular weight is 455 g/mol. The summed E-state index contributed by atoms with van der Waals surface area (Å²) >= 11 is 6.25. The second-order valence-corrected chi connectivity index (χ2v) is 7.96. The number of benzene rings is 3. The smallest absolute Gasteiger partial charge is 0.262 e. The summed E-state index contributed by atoms with van der Waals surface area (Å²) in [6, 6.07) is 18.5. The summed E-state index contributed by atoms with van der Waals surface area (Å²) in [5, 5.41) is 0.498. The fraction of sp³-hybridized carbons (Fsp3) is 0.0741. The van der Waals surface area contributed by atoms with Gasteiger partial charge in [0, 0.05) is 21.7 Å². The molecule has 5 rings (SSSR count). The van der Waals surface area contributed by atoms with Crippen LogP contribution in [0.5, 0.6) is 0 Å². The van der Waals surface area contributed by atoms with Crippen molar-refractivity contribution in [2.45, 2.75) is 0 Å². The van der Waals surface area contributed by atoms with Gasteiger partial charge in [0.2, 0.25) is 0 Å². The zero-order chi connectivity index (χ0) is 22.9. The Bertz CT molecular complexity index is 1410. The summed E-state index contributed by atoms with van der Waals surface area (Å²) in [5.41, 5.74) is 3.77. The summed E-state index contributed by atoms with van der Waals surface area (Å²) in [6.45, 7) is 0.265. The summed E-state index contributed by atoms with van der Waals surface area (Å²) < 4.78 is 14.5. The molecular weight excluding hydrogens is 439 g/mol. The zero-order valence-electron chi connectivity index (χ0n) is 17.3. The number of hydrogen-bond acceptors (Lipinski definition) is 3. The van der Waals surface area contributed by atoms with E-state index in [0.717, 1.165) is 10.5 Å². The summed E-state index contributed by atoms with van der Waals surface area (Å²) in [5.74, 6) is 4.95. The number of imide groups is 1. The Morgan fingerprint density at radius 2 is 1.55 bits per heavy atom. The second-order valence-electron chi connectivity index (χ2n) is 7.52. The van der Waals surface area contributed by atoms with Gasteiger partial charge in [-0.25, -0.2) is 4.39 Å². The number of nitrogens with zero attached hydrogens (tertiary/aromatic N) is 2. The highest BCUT2D eigenvalue weighted by atomic mass is 35.5. The van der Waals surface area contributed by atoms with E-state index >= 15 is 0 Å². The van der Waals surface area contributed by atoms with Gasteiger partial charge in [-0.05, 0) is 48.0 Å². The van der Waals surface area contributed by atoms with E-state index in [0.29, 0.717) is 45.1 Å². The van der Waals surface area contributed by atoms with Crippen LogP contribution < -0.4 is 0 Å². The number of carbonyl (C=O) groups excluding carboxylic acids is 2. The first-order valence-corrected chi connectivity index (χ1v) is 10.7. The molecule has 2 aliphatic heterocycles. The van der Waals surface area contributed by atoms with Crippen LogP contribution in [0.2, 0.25) is 5.02 Å². The van der Waals surface area contributed by atoms with Crippen molar-refractivity contribution in [3.63, 3.8) is 0 Å². The lowest BCUT2D eigenvalue weighted by atomic mass is 9.93. The fourth-order valence-electron chi connectivity index (χ4n) is 3.97. The lowest BCUT2D eigenvalue weighted by molar-refractivity contribution is 0.0675. The van der Waals surface area contributed by atoms with E-state index in [2.05, 4.69) is 16.8 Å². The van der Waals surface area contributed by atoms with E-state index in [1.54, 1.807) is 54.6 Å². The second kappa shape index (κ2) is 8.50. The van der Waals surface area contributed by atoms with E-state index in [9.17, 15) is 14.0 Å². The highest BCUT2D eigenvalue weighted by Crippen LogP contribution is 2.29. The van der Waals surface area contributed by atoms with Crippen molar-refractivity contribution in [2.24, 2.45) is 4.99 Å². The van der Waals surface area contributed by atoms with E-state index in [4.69, 9.17) is 11.6 Å². The van der Waals surface area contributed by atoms with Crippen LogP contribution in [0.1, 0.15) is 37.4 Å². The van der Waals surface area contributed by atoms with E-state index in [-0.39, 0.29) is 24.2 Å². The average Bonchev–Trinajstić information content (AvgIpc) is 2.95. The highest BCUT2D eigenvalue weighted by Gasteiger charge is 2.34. The van der Waals surface area contributed by atoms with Gasteiger partial charge in [0.1, 0.15) is 5.82 Å². The Morgan fingerprint density at radius 1 is 0.879 bits per heavy atom. The summed E-state index contributed by atoms with van der Waals surface area (Å²) in [7, 11) is 0. The molecule has 0 aromatic heterocycles. The normalized spacial score (nSPS) is 14.5. The van der Waals surface area contributed by atoms with Crippen LogP contribution in [0.3, 0.4) is 0 Å². The lowest BCUT2D eigenvalue weighted by Gasteiger charge is -2.12. The van der Waals surface area contributed by atoms with Crippen molar-refractivity contribution in [1.82, 2.24) is 4.90 Å². The van der Waals surface area contributed by atoms with Gasteiger partial charge in [-0.15, -0.1) is 0 Å². The third-order valence-electron chi connectivity index (χ3n) is 5.54. The van der Waals surface area contributed by atoms with E-state index in [1.807, 2.05) is 12.1 Å². The van der Waals surface area contributed by atoms with Crippen LogP contribution in [0, 0.1) is 17.7 Å². The topological polar surface area (TPSA) is 49.7 Å². The minimum atomic E-state index is -0.373. The van der Waals surface area contributed by atoms with Crippen molar-refractivity contribution in [1.29, 1.82) is 0 Å². The molecule has 0 spiro atoms. The molecule has 0 N–H and O–H groups in total. The molecule has 33 heavy (non-hydrogen) atoms. The summed E-state index contributed by atoms with van der Waals surface area (Å²) in [4.78, 5) is 30.8. The molecule has 0 radical (unpaired) electrons. The van der Waals surface area contributed by atoms with Crippen LogP contribution in [0.25, 0.3) is 5.57 Å². The quantitative estimate of drug-likeness (QED) is 0.403. The molecule has 2 aliphatic rings. The third kappa shape index (κ3) is 3.75. The zero-order valence-corrected chi connectivity index (χ0v) is 18.1. The molecule has 0 unspecified atom stereocenters. The maximum atomic E-state index is 14.5. The molecule has 0 bridgehead atoms. The molecule has 3 aromatic carbocycles. The molecule has 4 nitrogen and oxygen atoms in total. The monoisotopic (exact) mass is 454 g/mol. The molecule has 0 aliphatic carbocycles. The first-order chi connectivity index (χ1) is 16.0. The van der Waals surface area contributed by atoms with Crippen molar-refractivity contribution >= 4 is 34.7 Å². The van der Waals surface area contributed by atoms with Crippen LogP contribution in [-0.4, -0.2) is 35.5 Å². The van der Waals surface area contributed by atoms with Gasteiger partial charge in [0.15, 0.2) is 0 Å². The number of fused-ring (bicyclic) bond motifs is 2. The maximum Gasteiger partial charge on any atom is 0.262 e. The molecule has 2 amide bonds. The standard InChI is InChI=1S/C27H16ClFN2O2/c28-18-11-12-19-17(6-5-15-31-26(32)20-7-1-2-8-21(20)27(31)33)13-14-30-25(23(19)16-18)22-9-3-4-10-24(22)29/h1-4,7-13,16H,14-15H2. The Kier molecular flexibility index (Phi) is 5.37. The largest absolute Gasteiger partial charge is 0.280 e. The number of allylic oxidation sites excluding steroid dienone is 1. The number of halogens is 2. The number of carbonyl (C=O) groups is 2. The van der Waals surface area contributed by atoms with Gasteiger partial charge < -0.3 is 0 Å². The van der Waals surface area contributed by atoms with Gasteiger partial charge in [0.05, 0.1) is 29.9 Å². The molecular formula is C27H16ClFN2O2. The van der Waals surface area contributed by atoms with Crippen molar-refractivity contribution < 1.29 is 14.0 Å². The summed E-state index contributed by atoms with van der Waals surface area (Å²) in [6.07, 6.45) is 1.84. The van der Waals surface area contributed by atoms with Gasteiger partial charge in [-0.3, -0.25) is 19.5 Å². The van der Waals surface area contributed by atoms with Gasteiger partial charge in [-0.1, -0.05) is 53.8 Å². The van der Waals surface area contributed by atoms with Crippen molar-refractivity contribution in [3.8, 4) is 11.8 Å². The Labute approximate surface area is 195 Å². The molecule has 0 saturated carbocycles. The van der Waals surface area contributed by atoms with Crippen LogP contribution in [0.15, 0.2) is 77.8 Å². The fourth-order valence-corrected chi connectivity index (χ4v) is 4.14. The molecule has 0 atom stereocenters. The van der Waals surface area contributed by atoms with E-state index < -0.39 is 0 Å². The molecule has 0 fully saturated rings. The number of hydrogen-bond donors (Lipinski definition) is 0. The SMILES string of the molecule is O=C1c2ccccc2C(=O)N1CC#CC1=CCN=C(c2ccccc2F)c2cc(Cl)ccc21. The van der Waals surface area contributed by atoms with Gasteiger partial charge in [-0.2, -0.15) is 0 Å². The van der Waals surface area contributed by atoms with Crippen LogP contribution >= 0.6 is 11.6 Å². The highest BCUT2D eigenvalue weighted by molar-refractivity contribution is 6.31. The van der Waals surface area contributed by atoms with Gasteiger partial charge >= 0.3 is 0 Å². The van der Waals surface area contributed by atoms with E-state index in [1.165, 1.54) is 6.07 Å². The Hall–Kier alpha value is -4.01. The molecule has 2 heterocycles. The molecule has 160 valence electrons. The predicted molar refractivity (Wildman–Crippen MR) is 126 cm³/mol. The molecule has 6 heteroatoms. The first kappa shape index (κ1) is 20.9. The number of rotatable bonds is 2. The first-order valence-electron chi connectivity index (χ1n) is 10.3. The Balaban J connectivity index is 1.47. The number of aliphatic imine (C=N–C) groups is 1.